The van der Waals surface area contributed by atoms with Crippen LogP contribution in [-0.4, -0.2) is 58.8 Å². The van der Waals surface area contributed by atoms with Gasteiger partial charge in [0.25, 0.3) is 5.91 Å². The molecule has 1 saturated heterocycles. The Morgan fingerprint density at radius 3 is 2.68 bits per heavy atom. The average Bonchev–Trinajstić information content (AvgIpc) is 2.82. The van der Waals surface area contributed by atoms with Crippen LogP contribution in [0.3, 0.4) is 0 Å². The van der Waals surface area contributed by atoms with Crippen molar-refractivity contribution in [2.45, 2.75) is 64.3 Å². The standard InChI is InChI=1S/C23H29ClN4O3/c1-22(2,3)31-21(30)27-12-16(13-27)26-15-9-17(11-25-10-15)28-20(29)18-7-6-14(24)8-19(18)23(28,4)5/h6-8,10-11,15-16,26H,9,12-13H2,1-5H3. The van der Waals surface area contributed by atoms with E-state index in [-0.39, 0.29) is 24.1 Å². The molecule has 3 heterocycles. The number of nitrogens with one attached hydrogen (secondary N) is 1. The number of amides is 2. The number of carbonyl (C=O) groups excluding carboxylic acids is 2. The van der Waals surface area contributed by atoms with Gasteiger partial charge in [0, 0.05) is 60.3 Å². The number of carbonyl (C=O) groups is 2. The maximum Gasteiger partial charge on any atom is 0.410 e. The number of hydrogen-bond acceptors (Lipinski definition) is 5. The summed E-state index contributed by atoms with van der Waals surface area (Å²) in [6.07, 6.45) is 3.98. The fraction of sp³-hybridized carbons (Fsp3) is 0.522. The minimum atomic E-state index is -0.509. The van der Waals surface area contributed by atoms with E-state index in [2.05, 4.69) is 10.3 Å². The van der Waals surface area contributed by atoms with Gasteiger partial charge >= 0.3 is 6.09 Å². The van der Waals surface area contributed by atoms with Crippen molar-refractivity contribution in [1.82, 2.24) is 15.1 Å². The Labute approximate surface area is 188 Å². The molecule has 1 unspecified atom stereocenters. The number of likely N-dealkylation sites (tertiary alicyclic amines) is 1. The van der Waals surface area contributed by atoms with E-state index in [4.69, 9.17) is 16.3 Å². The quantitative estimate of drug-likeness (QED) is 0.766. The summed E-state index contributed by atoms with van der Waals surface area (Å²) in [5.74, 6) is -0.0292. The summed E-state index contributed by atoms with van der Waals surface area (Å²) in [4.78, 5) is 33.2. The van der Waals surface area contributed by atoms with E-state index < -0.39 is 11.1 Å². The second kappa shape index (κ2) is 7.64. The summed E-state index contributed by atoms with van der Waals surface area (Å²) in [7, 11) is 0. The van der Waals surface area contributed by atoms with Gasteiger partial charge in [-0.05, 0) is 58.4 Å². The molecule has 0 radical (unpaired) electrons. The smallest absolute Gasteiger partial charge is 0.410 e. The lowest BCUT2D eigenvalue weighted by molar-refractivity contribution is 0.00475. The third-order valence-electron chi connectivity index (χ3n) is 5.82. The maximum absolute atomic E-state index is 13.2. The maximum atomic E-state index is 13.2. The SMILES string of the molecule is CC(C)(C)OC(=O)N1CC(NC2C=NC=C(N3C(=O)c4ccc(Cl)cc4C3(C)C)C2)C1. The molecule has 31 heavy (non-hydrogen) atoms. The zero-order chi connectivity index (χ0) is 22.6. The van der Waals surface area contributed by atoms with Gasteiger partial charge in [0.2, 0.25) is 0 Å². The Morgan fingerprint density at radius 2 is 2.00 bits per heavy atom. The largest absolute Gasteiger partial charge is 0.444 e. The van der Waals surface area contributed by atoms with Gasteiger partial charge in [0.05, 0.1) is 5.54 Å². The Hall–Kier alpha value is -2.38. The Balaban J connectivity index is 1.38. The summed E-state index contributed by atoms with van der Waals surface area (Å²) in [5, 5.41) is 4.15. The molecule has 0 saturated carbocycles. The fourth-order valence-corrected chi connectivity index (χ4v) is 4.54. The number of hydrogen-bond donors (Lipinski definition) is 1. The molecule has 166 valence electrons. The van der Waals surface area contributed by atoms with Crippen molar-refractivity contribution in [3.8, 4) is 0 Å². The van der Waals surface area contributed by atoms with Crippen LogP contribution in [0, 0.1) is 0 Å². The molecule has 3 aliphatic rings. The molecule has 2 amide bonds. The van der Waals surface area contributed by atoms with Crippen molar-refractivity contribution in [1.29, 1.82) is 0 Å². The van der Waals surface area contributed by atoms with Gasteiger partial charge in [0.1, 0.15) is 5.60 Å². The first-order chi connectivity index (χ1) is 14.5. The fourth-order valence-electron chi connectivity index (χ4n) is 4.37. The van der Waals surface area contributed by atoms with Crippen molar-refractivity contribution in [3.05, 3.63) is 46.2 Å². The second-order valence-electron chi connectivity index (χ2n) is 9.87. The summed E-state index contributed by atoms with van der Waals surface area (Å²) < 4.78 is 5.41. The van der Waals surface area contributed by atoms with Crippen LogP contribution in [-0.2, 0) is 10.3 Å². The van der Waals surface area contributed by atoms with Crippen LogP contribution < -0.4 is 5.32 Å². The number of benzene rings is 1. The number of ether oxygens (including phenoxy) is 1. The molecule has 0 aliphatic carbocycles. The highest BCUT2D eigenvalue weighted by molar-refractivity contribution is 6.30. The number of rotatable bonds is 3. The van der Waals surface area contributed by atoms with Crippen molar-refractivity contribution in [2.24, 2.45) is 4.99 Å². The second-order valence-corrected chi connectivity index (χ2v) is 10.3. The van der Waals surface area contributed by atoms with Crippen molar-refractivity contribution >= 4 is 29.8 Å². The summed E-state index contributed by atoms with van der Waals surface area (Å²) in [6, 6.07) is 5.58. The molecule has 7 nitrogen and oxygen atoms in total. The zero-order valence-corrected chi connectivity index (χ0v) is 19.4. The van der Waals surface area contributed by atoms with Crippen LogP contribution in [0.15, 0.2) is 35.1 Å². The number of nitrogens with zero attached hydrogens (tertiary/aromatic N) is 3. The zero-order valence-electron chi connectivity index (χ0n) is 18.6. The molecule has 1 fully saturated rings. The highest BCUT2D eigenvalue weighted by Crippen LogP contribution is 2.43. The monoisotopic (exact) mass is 444 g/mol. The predicted molar refractivity (Wildman–Crippen MR) is 120 cm³/mol. The summed E-state index contributed by atoms with van der Waals surface area (Å²) in [5.41, 5.74) is 1.47. The molecular formula is C23H29ClN4O3. The van der Waals surface area contributed by atoms with Gasteiger partial charge in [-0.15, -0.1) is 0 Å². The molecular weight excluding hydrogens is 416 g/mol. The van der Waals surface area contributed by atoms with Gasteiger partial charge in [0.15, 0.2) is 0 Å². The van der Waals surface area contributed by atoms with E-state index in [0.717, 1.165) is 11.3 Å². The van der Waals surface area contributed by atoms with Gasteiger partial charge in [-0.2, -0.15) is 0 Å². The van der Waals surface area contributed by atoms with Gasteiger partial charge in [-0.1, -0.05) is 11.6 Å². The van der Waals surface area contributed by atoms with Crippen LogP contribution in [0.1, 0.15) is 57.0 Å². The molecule has 3 aliphatic heterocycles. The lowest BCUT2D eigenvalue weighted by Gasteiger charge is -2.42. The molecule has 1 N–H and O–H groups in total. The predicted octanol–water partition coefficient (Wildman–Crippen LogP) is 3.92. The molecule has 0 spiro atoms. The first kappa shape index (κ1) is 21.8. The Bertz CT molecular complexity index is 974. The first-order valence-electron chi connectivity index (χ1n) is 10.6. The average molecular weight is 445 g/mol. The Kier molecular flexibility index (Phi) is 5.38. The lowest BCUT2D eigenvalue weighted by atomic mass is 9.93. The number of fused-ring (bicyclic) bond motifs is 1. The topological polar surface area (TPSA) is 74.2 Å². The van der Waals surface area contributed by atoms with E-state index in [0.29, 0.717) is 30.1 Å². The molecule has 0 bridgehead atoms. The Morgan fingerprint density at radius 1 is 1.29 bits per heavy atom. The van der Waals surface area contributed by atoms with Crippen LogP contribution in [0.4, 0.5) is 4.79 Å². The number of aliphatic imine (C=N–C) groups is 1. The van der Waals surface area contributed by atoms with E-state index in [1.54, 1.807) is 23.2 Å². The van der Waals surface area contributed by atoms with E-state index in [1.165, 1.54) is 0 Å². The molecule has 1 atom stereocenters. The highest BCUT2D eigenvalue weighted by atomic mass is 35.5. The normalized spacial score (nSPS) is 22.8. The summed E-state index contributed by atoms with van der Waals surface area (Å²) in [6.45, 7) is 10.8. The van der Waals surface area contributed by atoms with Gasteiger partial charge in [-0.3, -0.25) is 9.79 Å². The minimum Gasteiger partial charge on any atom is -0.444 e. The molecule has 0 aromatic heterocycles. The van der Waals surface area contributed by atoms with Crippen molar-refractivity contribution < 1.29 is 14.3 Å². The van der Waals surface area contributed by atoms with Crippen LogP contribution >= 0.6 is 11.6 Å². The van der Waals surface area contributed by atoms with E-state index in [1.807, 2.05) is 51.8 Å². The third-order valence-corrected chi connectivity index (χ3v) is 6.06. The first-order valence-corrected chi connectivity index (χ1v) is 10.9. The molecule has 1 aromatic carbocycles. The van der Waals surface area contributed by atoms with Gasteiger partial charge in [-0.25, -0.2) is 4.79 Å². The van der Waals surface area contributed by atoms with E-state index >= 15 is 0 Å². The van der Waals surface area contributed by atoms with Gasteiger partial charge < -0.3 is 19.9 Å². The van der Waals surface area contributed by atoms with E-state index in [9.17, 15) is 9.59 Å². The highest BCUT2D eigenvalue weighted by Gasteiger charge is 2.45. The molecule has 4 rings (SSSR count). The number of halogens is 1. The van der Waals surface area contributed by atoms with Crippen molar-refractivity contribution in [2.75, 3.05) is 13.1 Å². The summed E-state index contributed by atoms with van der Waals surface area (Å²) >= 11 is 6.19. The lowest BCUT2D eigenvalue weighted by Crippen LogP contribution is -2.62. The van der Waals surface area contributed by atoms with Crippen LogP contribution in [0.5, 0.6) is 0 Å². The van der Waals surface area contributed by atoms with Crippen molar-refractivity contribution in [3.63, 3.8) is 0 Å². The molecule has 1 aromatic rings. The third kappa shape index (κ3) is 4.21. The van der Waals surface area contributed by atoms with Crippen LogP contribution in [0.2, 0.25) is 5.02 Å². The minimum absolute atomic E-state index is 0.0123. The molecule has 8 heteroatoms. The van der Waals surface area contributed by atoms with Crippen LogP contribution in [0.25, 0.3) is 0 Å².